The lowest BCUT2D eigenvalue weighted by Crippen LogP contribution is -2.42. The van der Waals surface area contributed by atoms with E-state index in [1.54, 1.807) is 0 Å². The van der Waals surface area contributed by atoms with Gasteiger partial charge in [-0.25, -0.2) is 4.98 Å². The number of benzene rings is 1. The molecule has 0 aliphatic carbocycles. The van der Waals surface area contributed by atoms with E-state index in [0.29, 0.717) is 31.6 Å². The lowest BCUT2D eigenvalue weighted by atomic mass is 9.74. The largest absolute Gasteiger partial charge is 0.433 e. The third-order valence-electron chi connectivity index (χ3n) is 4.56. The minimum absolute atomic E-state index is 0.531. The number of nitrogens with zero attached hydrogens (tertiary/aromatic N) is 3. The molecule has 2 aromatic rings. The van der Waals surface area contributed by atoms with Gasteiger partial charge in [0.15, 0.2) is 0 Å². The number of nitriles is 1. The van der Waals surface area contributed by atoms with E-state index in [0.717, 1.165) is 11.6 Å². The van der Waals surface area contributed by atoms with E-state index in [9.17, 15) is 18.4 Å². The Morgan fingerprint density at radius 2 is 1.71 bits per heavy atom. The summed E-state index contributed by atoms with van der Waals surface area (Å²) in [5.74, 6) is 0. The normalized spacial score (nSPS) is 17.3. The second kappa shape index (κ2) is 6.16. The molecule has 3 rings (SSSR count). The maximum absolute atomic E-state index is 12.6. The van der Waals surface area contributed by atoms with E-state index >= 15 is 0 Å². The zero-order valence-corrected chi connectivity index (χ0v) is 12.9. The molecule has 1 saturated heterocycles. The highest BCUT2D eigenvalue weighted by molar-refractivity contribution is 5.47. The smallest absolute Gasteiger partial charge is 0.370 e. The topological polar surface area (TPSA) is 39.9 Å². The monoisotopic (exact) mass is 331 g/mol. The molecular formula is C18H16F3N3. The second-order valence-electron chi connectivity index (χ2n) is 5.95. The Kier molecular flexibility index (Phi) is 4.18. The number of alkyl halides is 3. The first-order valence-electron chi connectivity index (χ1n) is 7.70. The van der Waals surface area contributed by atoms with Gasteiger partial charge in [0, 0.05) is 13.1 Å². The quantitative estimate of drug-likeness (QED) is 0.829. The number of aromatic nitrogens is 1. The predicted octanol–water partition coefficient (Wildman–Crippen LogP) is 4.16. The van der Waals surface area contributed by atoms with Gasteiger partial charge in [-0.3, -0.25) is 0 Å². The summed E-state index contributed by atoms with van der Waals surface area (Å²) in [6.07, 6.45) is -1.91. The third-order valence-corrected chi connectivity index (χ3v) is 4.56. The number of piperidine rings is 1. The minimum atomic E-state index is -4.43. The van der Waals surface area contributed by atoms with Crippen molar-refractivity contribution >= 4 is 5.69 Å². The molecule has 0 atom stereocenters. The van der Waals surface area contributed by atoms with E-state index in [1.807, 2.05) is 35.2 Å². The van der Waals surface area contributed by atoms with E-state index in [-0.39, 0.29) is 0 Å². The molecule has 24 heavy (non-hydrogen) atoms. The maximum Gasteiger partial charge on any atom is 0.433 e. The molecule has 0 spiro atoms. The average Bonchev–Trinajstić information content (AvgIpc) is 2.62. The van der Waals surface area contributed by atoms with Crippen molar-refractivity contribution < 1.29 is 13.2 Å². The van der Waals surface area contributed by atoms with Gasteiger partial charge >= 0.3 is 6.18 Å². The van der Waals surface area contributed by atoms with Crippen LogP contribution >= 0.6 is 0 Å². The standard InChI is InChI=1S/C18H16F3N3/c19-18(20,21)16-7-6-15(12-23-16)24-10-8-17(13-22,9-11-24)14-4-2-1-3-5-14/h1-7,12H,8-11H2. The number of hydrogen-bond donors (Lipinski definition) is 0. The average molecular weight is 331 g/mol. The first kappa shape index (κ1) is 16.3. The van der Waals surface area contributed by atoms with Crippen molar-refractivity contribution in [2.75, 3.05) is 18.0 Å². The van der Waals surface area contributed by atoms with Crippen LogP contribution in [0.25, 0.3) is 0 Å². The van der Waals surface area contributed by atoms with Gasteiger partial charge in [-0.2, -0.15) is 18.4 Å². The van der Waals surface area contributed by atoms with Crippen LogP contribution in [0.5, 0.6) is 0 Å². The van der Waals surface area contributed by atoms with Gasteiger partial charge < -0.3 is 4.90 Å². The lowest BCUT2D eigenvalue weighted by molar-refractivity contribution is -0.141. The Hall–Kier alpha value is -2.55. The summed E-state index contributed by atoms with van der Waals surface area (Å²) in [6.45, 7) is 1.21. The Balaban J connectivity index is 1.74. The van der Waals surface area contributed by atoms with E-state index in [1.165, 1.54) is 12.3 Å². The first-order valence-corrected chi connectivity index (χ1v) is 7.70. The van der Waals surface area contributed by atoms with Crippen LogP contribution in [0.2, 0.25) is 0 Å². The van der Waals surface area contributed by atoms with Gasteiger partial charge in [-0.15, -0.1) is 0 Å². The summed E-state index contributed by atoms with van der Waals surface area (Å²) in [5, 5.41) is 9.67. The van der Waals surface area contributed by atoms with E-state index < -0.39 is 17.3 Å². The van der Waals surface area contributed by atoms with Gasteiger partial charge in [0.2, 0.25) is 0 Å². The molecule has 1 aromatic carbocycles. The molecule has 6 heteroatoms. The fourth-order valence-electron chi connectivity index (χ4n) is 3.11. The summed E-state index contributed by atoms with van der Waals surface area (Å²) >= 11 is 0. The van der Waals surface area contributed by atoms with E-state index in [4.69, 9.17) is 0 Å². The maximum atomic E-state index is 12.6. The summed E-state index contributed by atoms with van der Waals surface area (Å²) in [6, 6.07) is 14.5. The minimum Gasteiger partial charge on any atom is -0.370 e. The molecule has 0 saturated carbocycles. The molecule has 1 aliphatic heterocycles. The van der Waals surface area contributed by atoms with Gasteiger partial charge in [0.25, 0.3) is 0 Å². The predicted molar refractivity (Wildman–Crippen MR) is 84.4 cm³/mol. The molecule has 124 valence electrons. The SMILES string of the molecule is N#CC1(c2ccccc2)CCN(c2ccc(C(F)(F)F)nc2)CC1. The Morgan fingerprint density at radius 3 is 2.21 bits per heavy atom. The highest BCUT2D eigenvalue weighted by Gasteiger charge is 2.37. The fraction of sp³-hybridized carbons (Fsp3) is 0.333. The molecule has 0 amide bonds. The van der Waals surface area contributed by atoms with E-state index in [2.05, 4.69) is 11.1 Å². The van der Waals surface area contributed by atoms with Crippen LogP contribution < -0.4 is 4.90 Å². The lowest BCUT2D eigenvalue weighted by Gasteiger charge is -2.38. The van der Waals surface area contributed by atoms with Gasteiger partial charge in [-0.05, 0) is 30.5 Å². The summed E-state index contributed by atoms with van der Waals surface area (Å²) < 4.78 is 37.8. The molecule has 0 N–H and O–H groups in total. The van der Waals surface area contributed by atoms with Crippen molar-refractivity contribution in [1.29, 1.82) is 5.26 Å². The molecule has 2 heterocycles. The Morgan fingerprint density at radius 1 is 1.04 bits per heavy atom. The molecular weight excluding hydrogens is 315 g/mol. The molecule has 0 bridgehead atoms. The zero-order chi connectivity index (χ0) is 17.2. The van der Waals surface area contributed by atoms with Gasteiger partial charge in [-0.1, -0.05) is 30.3 Å². The van der Waals surface area contributed by atoms with Crippen LogP contribution in [0.4, 0.5) is 18.9 Å². The van der Waals surface area contributed by atoms with Crippen LogP contribution in [0, 0.1) is 11.3 Å². The van der Waals surface area contributed by atoms with Crippen LogP contribution in [0.15, 0.2) is 48.7 Å². The van der Waals surface area contributed by atoms with Crippen LogP contribution in [-0.4, -0.2) is 18.1 Å². The second-order valence-corrected chi connectivity index (χ2v) is 5.95. The first-order chi connectivity index (χ1) is 11.4. The van der Waals surface area contributed by atoms with Crippen molar-refractivity contribution in [2.24, 2.45) is 0 Å². The summed E-state index contributed by atoms with van der Waals surface area (Å²) in [5.41, 5.74) is 0.233. The van der Waals surface area contributed by atoms with Crippen LogP contribution in [0.1, 0.15) is 24.1 Å². The van der Waals surface area contributed by atoms with Crippen molar-refractivity contribution in [1.82, 2.24) is 4.98 Å². The number of hydrogen-bond acceptors (Lipinski definition) is 3. The van der Waals surface area contributed by atoms with Crippen LogP contribution in [0.3, 0.4) is 0 Å². The van der Waals surface area contributed by atoms with Crippen molar-refractivity contribution in [3.05, 3.63) is 59.9 Å². The number of anilines is 1. The summed E-state index contributed by atoms with van der Waals surface area (Å²) in [7, 11) is 0. The molecule has 1 fully saturated rings. The Labute approximate surface area is 138 Å². The molecule has 0 unspecified atom stereocenters. The molecule has 1 aliphatic rings. The van der Waals surface area contributed by atoms with Crippen LogP contribution in [-0.2, 0) is 11.6 Å². The molecule has 0 radical (unpaired) electrons. The van der Waals surface area contributed by atoms with Crippen molar-refractivity contribution in [3.63, 3.8) is 0 Å². The van der Waals surface area contributed by atoms with Crippen molar-refractivity contribution in [2.45, 2.75) is 24.4 Å². The van der Waals surface area contributed by atoms with Gasteiger partial charge in [0.05, 0.1) is 23.4 Å². The summed E-state index contributed by atoms with van der Waals surface area (Å²) in [4.78, 5) is 5.49. The highest BCUT2D eigenvalue weighted by Crippen LogP contribution is 2.36. The number of pyridine rings is 1. The zero-order valence-electron chi connectivity index (χ0n) is 12.9. The van der Waals surface area contributed by atoms with Gasteiger partial charge in [0.1, 0.15) is 5.69 Å². The molecule has 1 aromatic heterocycles. The fourth-order valence-corrected chi connectivity index (χ4v) is 3.11. The Bertz CT molecular complexity index is 725. The highest BCUT2D eigenvalue weighted by atomic mass is 19.4. The number of halogens is 3. The molecule has 3 nitrogen and oxygen atoms in total. The third kappa shape index (κ3) is 3.07. The van der Waals surface area contributed by atoms with Crippen molar-refractivity contribution in [3.8, 4) is 6.07 Å². The number of rotatable bonds is 2.